The van der Waals surface area contributed by atoms with Crippen molar-refractivity contribution in [2.24, 2.45) is 0 Å². The highest BCUT2D eigenvalue weighted by Gasteiger charge is 2.32. The second-order valence-electron chi connectivity index (χ2n) is 4.98. The first-order valence-electron chi connectivity index (χ1n) is 6.88. The first kappa shape index (κ1) is 18.7. The molecular formula is C14H21Cl2NO3S. The van der Waals surface area contributed by atoms with Gasteiger partial charge in [-0.05, 0) is 37.0 Å². The highest BCUT2D eigenvalue weighted by molar-refractivity contribution is 7.89. The van der Waals surface area contributed by atoms with Gasteiger partial charge in [0.05, 0.1) is 11.6 Å². The van der Waals surface area contributed by atoms with Gasteiger partial charge in [0.2, 0.25) is 10.0 Å². The molecule has 2 N–H and O–H groups in total. The number of aliphatic hydroxyl groups excluding tert-OH is 1. The minimum atomic E-state index is -3.82. The molecule has 0 atom stereocenters. The van der Waals surface area contributed by atoms with E-state index in [9.17, 15) is 13.5 Å². The summed E-state index contributed by atoms with van der Waals surface area (Å²) in [5, 5.41) is 9.47. The van der Waals surface area contributed by atoms with E-state index in [2.05, 4.69) is 4.72 Å². The molecule has 0 amide bonds. The third kappa shape index (κ3) is 4.11. The van der Waals surface area contributed by atoms with Gasteiger partial charge in [-0.25, -0.2) is 13.1 Å². The maximum atomic E-state index is 12.6. The number of benzene rings is 1. The van der Waals surface area contributed by atoms with Crippen LogP contribution in [0.4, 0.5) is 0 Å². The maximum Gasteiger partial charge on any atom is 0.242 e. The van der Waals surface area contributed by atoms with Gasteiger partial charge in [-0.3, -0.25) is 0 Å². The minimum absolute atomic E-state index is 0.00612. The molecule has 0 aliphatic carbocycles. The van der Waals surface area contributed by atoms with E-state index in [1.165, 1.54) is 12.1 Å². The van der Waals surface area contributed by atoms with Crippen LogP contribution in [0.3, 0.4) is 0 Å². The Kier molecular flexibility index (Phi) is 6.50. The van der Waals surface area contributed by atoms with Crippen molar-refractivity contribution in [3.05, 3.63) is 27.7 Å². The molecule has 1 aromatic rings. The number of sulfonamides is 1. The summed E-state index contributed by atoms with van der Waals surface area (Å²) in [4.78, 5) is -0.0968. The fraction of sp³-hybridized carbons (Fsp3) is 0.571. The van der Waals surface area contributed by atoms with Crippen molar-refractivity contribution in [2.45, 2.75) is 57.1 Å². The van der Waals surface area contributed by atoms with E-state index in [1.54, 1.807) is 0 Å². The van der Waals surface area contributed by atoms with E-state index in [-0.39, 0.29) is 21.5 Å². The summed E-state index contributed by atoms with van der Waals surface area (Å²) in [6.07, 6.45) is 2.01. The molecule has 0 fully saturated rings. The van der Waals surface area contributed by atoms with E-state index in [1.807, 2.05) is 20.8 Å². The molecule has 4 nitrogen and oxygen atoms in total. The van der Waals surface area contributed by atoms with Crippen LogP contribution in [0.1, 0.15) is 45.6 Å². The molecule has 0 aliphatic rings. The van der Waals surface area contributed by atoms with Gasteiger partial charge in [-0.1, -0.05) is 44.0 Å². The quantitative estimate of drug-likeness (QED) is 0.784. The molecule has 0 saturated carbocycles. The second-order valence-corrected chi connectivity index (χ2v) is 7.45. The predicted molar refractivity (Wildman–Crippen MR) is 86.3 cm³/mol. The van der Waals surface area contributed by atoms with Crippen LogP contribution in [0.5, 0.6) is 0 Å². The Labute approximate surface area is 136 Å². The zero-order chi connectivity index (χ0) is 16.3. The largest absolute Gasteiger partial charge is 0.392 e. The number of hydrogen-bond acceptors (Lipinski definition) is 3. The molecule has 120 valence electrons. The summed E-state index contributed by atoms with van der Waals surface area (Å²) in [6.45, 7) is 5.44. The van der Waals surface area contributed by atoms with Crippen LogP contribution < -0.4 is 4.72 Å². The molecule has 0 aromatic heterocycles. The number of halogens is 2. The lowest BCUT2D eigenvalue weighted by molar-refractivity contribution is 0.281. The Morgan fingerprint density at radius 3 is 2.10 bits per heavy atom. The molecule has 1 rings (SSSR count). The number of nitrogens with one attached hydrogen (secondary N) is 1. The lowest BCUT2D eigenvalue weighted by Gasteiger charge is -2.31. The van der Waals surface area contributed by atoms with Crippen molar-refractivity contribution in [3.63, 3.8) is 0 Å². The van der Waals surface area contributed by atoms with Crippen molar-refractivity contribution in [1.29, 1.82) is 0 Å². The van der Waals surface area contributed by atoms with Crippen LogP contribution in [0.25, 0.3) is 0 Å². The fourth-order valence-electron chi connectivity index (χ4n) is 2.24. The molecule has 0 saturated heterocycles. The molecule has 7 heteroatoms. The average Bonchev–Trinajstić information content (AvgIpc) is 2.46. The van der Waals surface area contributed by atoms with Crippen LogP contribution in [-0.4, -0.2) is 19.1 Å². The molecule has 1 aromatic carbocycles. The summed E-state index contributed by atoms with van der Waals surface area (Å²) in [7, 11) is -3.82. The molecule has 0 heterocycles. The Morgan fingerprint density at radius 1 is 1.14 bits per heavy atom. The predicted octanol–water partition coefficient (Wildman–Crippen LogP) is 3.73. The lowest BCUT2D eigenvalue weighted by atomic mass is 9.91. The van der Waals surface area contributed by atoms with E-state index in [0.29, 0.717) is 24.8 Å². The normalized spacial score (nSPS) is 12.7. The molecule has 0 spiro atoms. The SMILES string of the molecule is CCC(CC)(CC)NS(=O)(=O)c1cc(Cl)cc(CO)c1Cl. The van der Waals surface area contributed by atoms with E-state index in [4.69, 9.17) is 23.2 Å². The maximum absolute atomic E-state index is 12.6. The smallest absolute Gasteiger partial charge is 0.242 e. The van der Waals surface area contributed by atoms with Gasteiger partial charge in [0, 0.05) is 10.6 Å². The van der Waals surface area contributed by atoms with E-state index in [0.717, 1.165) is 0 Å². The number of aliphatic hydroxyl groups is 1. The van der Waals surface area contributed by atoms with Crippen molar-refractivity contribution in [3.8, 4) is 0 Å². The zero-order valence-electron chi connectivity index (χ0n) is 12.4. The molecule has 21 heavy (non-hydrogen) atoms. The zero-order valence-corrected chi connectivity index (χ0v) is 14.7. The Bertz CT molecular complexity index is 590. The number of hydrogen-bond donors (Lipinski definition) is 2. The van der Waals surface area contributed by atoms with Crippen LogP contribution in [-0.2, 0) is 16.6 Å². The van der Waals surface area contributed by atoms with Gasteiger partial charge in [0.25, 0.3) is 0 Å². The fourth-order valence-corrected chi connectivity index (χ4v) is 4.78. The van der Waals surface area contributed by atoms with Crippen LogP contribution in [0.2, 0.25) is 10.0 Å². The van der Waals surface area contributed by atoms with Gasteiger partial charge in [0.15, 0.2) is 0 Å². The van der Waals surface area contributed by atoms with E-state index < -0.39 is 15.6 Å². The second kappa shape index (κ2) is 7.29. The van der Waals surface area contributed by atoms with Gasteiger partial charge in [-0.15, -0.1) is 0 Å². The standard InChI is InChI=1S/C14H21Cl2NO3S/c1-4-14(5-2,6-3)17-21(19,20)12-8-11(15)7-10(9-18)13(12)16/h7-8,17-18H,4-6,9H2,1-3H3. The first-order valence-corrected chi connectivity index (χ1v) is 9.12. The third-order valence-electron chi connectivity index (χ3n) is 3.92. The molecule has 0 bridgehead atoms. The average molecular weight is 354 g/mol. The minimum Gasteiger partial charge on any atom is -0.392 e. The number of rotatable bonds is 7. The van der Waals surface area contributed by atoms with Crippen molar-refractivity contribution in [1.82, 2.24) is 4.72 Å². The van der Waals surface area contributed by atoms with Crippen molar-refractivity contribution in [2.75, 3.05) is 0 Å². The van der Waals surface area contributed by atoms with Gasteiger partial charge < -0.3 is 5.11 Å². The molecule has 0 radical (unpaired) electrons. The monoisotopic (exact) mass is 353 g/mol. The summed E-state index contributed by atoms with van der Waals surface area (Å²) in [5.41, 5.74) is -0.219. The molecule has 0 unspecified atom stereocenters. The summed E-state index contributed by atoms with van der Waals surface area (Å²) in [6, 6.07) is 2.76. The van der Waals surface area contributed by atoms with Crippen molar-refractivity contribution < 1.29 is 13.5 Å². The topological polar surface area (TPSA) is 66.4 Å². The van der Waals surface area contributed by atoms with Crippen molar-refractivity contribution >= 4 is 33.2 Å². The van der Waals surface area contributed by atoms with Gasteiger partial charge in [0.1, 0.15) is 4.90 Å². The lowest BCUT2D eigenvalue weighted by Crippen LogP contribution is -2.47. The Morgan fingerprint density at radius 2 is 1.67 bits per heavy atom. The first-order chi connectivity index (χ1) is 9.75. The Hall–Kier alpha value is -0.330. The Balaban J connectivity index is 3.35. The van der Waals surface area contributed by atoms with Crippen LogP contribution >= 0.6 is 23.2 Å². The molecule has 0 aliphatic heterocycles. The third-order valence-corrected chi connectivity index (χ3v) is 6.30. The highest BCUT2D eigenvalue weighted by Crippen LogP contribution is 2.31. The van der Waals surface area contributed by atoms with Crippen LogP contribution in [0, 0.1) is 0 Å². The van der Waals surface area contributed by atoms with Crippen LogP contribution in [0.15, 0.2) is 17.0 Å². The van der Waals surface area contributed by atoms with E-state index >= 15 is 0 Å². The molecular weight excluding hydrogens is 333 g/mol. The summed E-state index contributed by atoms with van der Waals surface area (Å²) >= 11 is 12.0. The summed E-state index contributed by atoms with van der Waals surface area (Å²) in [5.74, 6) is 0. The highest BCUT2D eigenvalue weighted by atomic mass is 35.5. The van der Waals surface area contributed by atoms with Gasteiger partial charge in [-0.2, -0.15) is 0 Å². The summed E-state index contributed by atoms with van der Waals surface area (Å²) < 4.78 is 28.0. The van der Waals surface area contributed by atoms with Gasteiger partial charge >= 0.3 is 0 Å².